The second-order valence-electron chi connectivity index (χ2n) is 7.72. The zero-order chi connectivity index (χ0) is 17.8. The molecule has 0 spiro atoms. The van der Waals surface area contributed by atoms with Gasteiger partial charge in [-0.15, -0.1) is 0 Å². The van der Waals surface area contributed by atoms with Crippen LogP contribution in [-0.2, 0) is 15.4 Å². The Morgan fingerprint density at radius 3 is 2.68 bits per heavy atom. The molecule has 1 fully saturated rings. The van der Waals surface area contributed by atoms with E-state index in [1.54, 1.807) is 0 Å². The molecule has 0 radical (unpaired) electrons. The molecule has 1 aliphatic rings. The second-order valence-corrected chi connectivity index (χ2v) is 9.95. The van der Waals surface area contributed by atoms with Crippen LogP contribution in [0.1, 0.15) is 38.9 Å². The molecule has 25 heavy (non-hydrogen) atoms. The topological polar surface area (TPSA) is 80.6 Å². The SMILES string of the molecule is CC(C)(C)n1nc(-c2c[nH]c3ccccc23)nc1C1CCS(=O)(=O)C1. The molecule has 1 aromatic carbocycles. The summed E-state index contributed by atoms with van der Waals surface area (Å²) in [6.07, 6.45) is 2.53. The molecule has 7 heteroatoms. The van der Waals surface area contributed by atoms with E-state index >= 15 is 0 Å². The molecule has 0 bridgehead atoms. The molecular formula is C18H22N4O2S. The Labute approximate surface area is 147 Å². The number of rotatable bonds is 2. The first-order chi connectivity index (χ1) is 11.7. The van der Waals surface area contributed by atoms with Crippen LogP contribution in [0.4, 0.5) is 0 Å². The lowest BCUT2D eigenvalue weighted by Gasteiger charge is -2.22. The highest BCUT2D eigenvalue weighted by atomic mass is 32.2. The first kappa shape index (κ1) is 16.3. The van der Waals surface area contributed by atoms with Gasteiger partial charge < -0.3 is 4.98 Å². The van der Waals surface area contributed by atoms with Gasteiger partial charge in [-0.2, -0.15) is 5.10 Å². The van der Waals surface area contributed by atoms with Crippen LogP contribution in [0.15, 0.2) is 30.5 Å². The van der Waals surface area contributed by atoms with Crippen molar-refractivity contribution in [2.24, 2.45) is 0 Å². The van der Waals surface area contributed by atoms with Crippen LogP contribution in [0.5, 0.6) is 0 Å². The summed E-state index contributed by atoms with van der Waals surface area (Å²) >= 11 is 0. The summed E-state index contributed by atoms with van der Waals surface area (Å²) in [5.41, 5.74) is 1.72. The first-order valence-electron chi connectivity index (χ1n) is 8.49. The molecule has 0 saturated carbocycles. The van der Waals surface area contributed by atoms with Crippen LogP contribution < -0.4 is 0 Å². The number of aromatic nitrogens is 4. The third kappa shape index (κ3) is 2.86. The summed E-state index contributed by atoms with van der Waals surface area (Å²) in [5.74, 6) is 1.72. The lowest BCUT2D eigenvalue weighted by Crippen LogP contribution is -2.27. The molecule has 0 aliphatic carbocycles. The van der Waals surface area contributed by atoms with E-state index < -0.39 is 9.84 Å². The highest BCUT2D eigenvalue weighted by Gasteiger charge is 2.35. The molecule has 1 atom stereocenters. The zero-order valence-electron chi connectivity index (χ0n) is 14.7. The molecule has 132 valence electrons. The van der Waals surface area contributed by atoms with Gasteiger partial charge in [-0.1, -0.05) is 18.2 Å². The maximum atomic E-state index is 11.9. The number of aromatic amines is 1. The summed E-state index contributed by atoms with van der Waals surface area (Å²) in [6, 6.07) is 8.03. The van der Waals surface area contributed by atoms with Crippen LogP contribution in [-0.4, -0.2) is 39.7 Å². The number of hydrogen-bond acceptors (Lipinski definition) is 4. The maximum Gasteiger partial charge on any atom is 0.183 e. The third-order valence-corrected chi connectivity index (χ3v) is 6.46. The first-order valence-corrected chi connectivity index (χ1v) is 10.3. The number of fused-ring (bicyclic) bond motifs is 1. The summed E-state index contributed by atoms with van der Waals surface area (Å²) in [7, 11) is -2.97. The smallest absolute Gasteiger partial charge is 0.183 e. The number of para-hydroxylation sites is 1. The van der Waals surface area contributed by atoms with Crippen molar-refractivity contribution in [1.29, 1.82) is 0 Å². The van der Waals surface area contributed by atoms with Crippen molar-refractivity contribution in [3.05, 3.63) is 36.3 Å². The van der Waals surface area contributed by atoms with E-state index in [9.17, 15) is 8.42 Å². The van der Waals surface area contributed by atoms with Crippen LogP contribution in [0.2, 0.25) is 0 Å². The fourth-order valence-electron chi connectivity index (χ4n) is 3.45. The second kappa shape index (κ2) is 5.42. The minimum absolute atomic E-state index is 0.0873. The monoisotopic (exact) mass is 358 g/mol. The highest BCUT2D eigenvalue weighted by molar-refractivity contribution is 7.91. The van der Waals surface area contributed by atoms with E-state index in [0.717, 1.165) is 22.3 Å². The van der Waals surface area contributed by atoms with Crippen molar-refractivity contribution in [3.8, 4) is 11.4 Å². The summed E-state index contributed by atoms with van der Waals surface area (Å²) in [6.45, 7) is 6.19. The highest BCUT2D eigenvalue weighted by Crippen LogP contribution is 2.33. The molecule has 6 nitrogen and oxygen atoms in total. The van der Waals surface area contributed by atoms with E-state index in [1.165, 1.54) is 0 Å². The van der Waals surface area contributed by atoms with Crippen molar-refractivity contribution in [2.75, 3.05) is 11.5 Å². The largest absolute Gasteiger partial charge is 0.360 e. The predicted octanol–water partition coefficient (Wildman–Crippen LogP) is 3.08. The standard InChI is InChI=1S/C18H22N4O2S/c1-18(2,3)22-17(12-8-9-25(23,24)11-12)20-16(21-22)14-10-19-15-7-5-4-6-13(14)15/h4-7,10,12,19H,8-9,11H2,1-3H3. The Balaban J connectivity index is 1.85. The van der Waals surface area contributed by atoms with Gasteiger partial charge in [0.2, 0.25) is 0 Å². The molecule has 1 saturated heterocycles. The number of sulfone groups is 1. The summed E-state index contributed by atoms with van der Waals surface area (Å²) < 4.78 is 25.7. The number of nitrogens with one attached hydrogen (secondary N) is 1. The Morgan fingerprint density at radius 1 is 1.24 bits per heavy atom. The minimum atomic E-state index is -2.97. The minimum Gasteiger partial charge on any atom is -0.360 e. The van der Waals surface area contributed by atoms with Gasteiger partial charge in [-0.25, -0.2) is 18.1 Å². The third-order valence-electron chi connectivity index (χ3n) is 4.70. The predicted molar refractivity (Wildman–Crippen MR) is 98.3 cm³/mol. The van der Waals surface area contributed by atoms with Gasteiger partial charge in [-0.3, -0.25) is 0 Å². The van der Waals surface area contributed by atoms with Gasteiger partial charge in [0.25, 0.3) is 0 Å². The molecule has 2 aromatic heterocycles. The van der Waals surface area contributed by atoms with Gasteiger partial charge in [0.15, 0.2) is 15.7 Å². The van der Waals surface area contributed by atoms with Crippen LogP contribution in [0.3, 0.4) is 0 Å². The van der Waals surface area contributed by atoms with Crippen molar-refractivity contribution in [3.63, 3.8) is 0 Å². The Morgan fingerprint density at radius 2 is 2.00 bits per heavy atom. The molecule has 1 N–H and O–H groups in total. The lowest BCUT2D eigenvalue weighted by atomic mass is 10.1. The summed E-state index contributed by atoms with van der Waals surface area (Å²) in [4.78, 5) is 8.04. The number of nitrogens with zero attached hydrogens (tertiary/aromatic N) is 3. The van der Waals surface area contributed by atoms with Crippen molar-refractivity contribution < 1.29 is 8.42 Å². The van der Waals surface area contributed by atoms with Gasteiger partial charge in [0.05, 0.1) is 17.0 Å². The average Bonchev–Trinajstić information content (AvgIpc) is 3.21. The molecule has 3 aromatic rings. The number of hydrogen-bond donors (Lipinski definition) is 1. The van der Waals surface area contributed by atoms with Gasteiger partial charge >= 0.3 is 0 Å². The molecule has 0 amide bonds. The Kier molecular flexibility index (Phi) is 3.54. The zero-order valence-corrected chi connectivity index (χ0v) is 15.5. The van der Waals surface area contributed by atoms with E-state index in [-0.39, 0.29) is 23.0 Å². The fraction of sp³-hybridized carbons (Fsp3) is 0.444. The maximum absolute atomic E-state index is 11.9. The number of benzene rings is 1. The van der Waals surface area contributed by atoms with Crippen LogP contribution >= 0.6 is 0 Å². The average molecular weight is 358 g/mol. The van der Waals surface area contributed by atoms with Crippen molar-refractivity contribution in [2.45, 2.75) is 38.6 Å². The quantitative estimate of drug-likeness (QED) is 0.763. The van der Waals surface area contributed by atoms with Crippen molar-refractivity contribution >= 4 is 20.7 Å². The number of H-pyrrole nitrogens is 1. The van der Waals surface area contributed by atoms with Crippen molar-refractivity contribution in [1.82, 2.24) is 19.7 Å². The Bertz CT molecular complexity index is 1040. The normalized spacial score (nSPS) is 20.4. The lowest BCUT2D eigenvalue weighted by molar-refractivity contribution is 0.335. The summed E-state index contributed by atoms with van der Waals surface area (Å²) in [5, 5.41) is 5.83. The van der Waals surface area contributed by atoms with E-state index in [0.29, 0.717) is 12.2 Å². The molecule has 3 heterocycles. The van der Waals surface area contributed by atoms with Gasteiger partial charge in [0.1, 0.15) is 5.82 Å². The Hall–Kier alpha value is -2.15. The van der Waals surface area contributed by atoms with E-state index in [4.69, 9.17) is 10.1 Å². The fourth-order valence-corrected chi connectivity index (χ4v) is 5.19. The van der Waals surface area contributed by atoms with Crippen LogP contribution in [0.25, 0.3) is 22.3 Å². The molecule has 1 aliphatic heterocycles. The molecule has 1 unspecified atom stereocenters. The molecular weight excluding hydrogens is 336 g/mol. The van der Waals surface area contributed by atoms with E-state index in [1.807, 2.05) is 35.1 Å². The van der Waals surface area contributed by atoms with Crippen LogP contribution in [0, 0.1) is 0 Å². The van der Waals surface area contributed by atoms with E-state index in [2.05, 4.69) is 25.8 Å². The van der Waals surface area contributed by atoms with Gasteiger partial charge in [0, 0.05) is 28.6 Å². The van der Waals surface area contributed by atoms with Gasteiger partial charge in [-0.05, 0) is 33.3 Å². The molecule has 4 rings (SSSR count).